The molecule has 18 heavy (non-hydrogen) atoms. The molecule has 1 atom stereocenters. The van der Waals surface area contributed by atoms with Gasteiger partial charge in [-0.15, -0.1) is 0 Å². The fraction of sp³-hybridized carbons (Fsp3) is 0.333. The Morgan fingerprint density at radius 2 is 2.28 bits per heavy atom. The topological polar surface area (TPSA) is 87.1 Å². The van der Waals surface area contributed by atoms with Crippen LogP contribution in [0.5, 0.6) is 0 Å². The first kappa shape index (κ1) is 14.4. The summed E-state index contributed by atoms with van der Waals surface area (Å²) in [6, 6.07) is 1.99. The third-order valence-electron chi connectivity index (χ3n) is 1.91. The van der Waals surface area contributed by atoms with Gasteiger partial charge in [-0.2, -0.15) is 0 Å². The second-order valence-corrected chi connectivity index (χ2v) is 4.39. The highest BCUT2D eigenvalue weighted by atomic mass is 32.2. The largest absolute Gasteiger partial charge is 0.384 e. The number of anilines is 1. The van der Waals surface area contributed by atoms with Crippen LogP contribution in [0.15, 0.2) is 17.2 Å². The molecule has 1 rings (SSSR count). The molecule has 0 aliphatic carbocycles. The number of methoxy groups -OCH3 is 1. The number of hydrogen-bond donors (Lipinski definition) is 1. The monoisotopic (exact) mass is 276 g/mol. The number of ether oxygens (including phenoxy) is 1. The molecule has 0 bridgehead atoms. The lowest BCUT2D eigenvalue weighted by Gasteiger charge is -2.08. The summed E-state index contributed by atoms with van der Waals surface area (Å²) in [5, 5.41) is 2.90. The molecule has 0 amide bonds. The van der Waals surface area contributed by atoms with Crippen LogP contribution in [0.25, 0.3) is 10.4 Å². The van der Waals surface area contributed by atoms with Crippen LogP contribution in [-0.2, 0) is 15.7 Å². The van der Waals surface area contributed by atoms with Crippen molar-refractivity contribution >= 4 is 22.4 Å². The van der Waals surface area contributed by atoms with Crippen LogP contribution in [0.1, 0.15) is 0 Å². The van der Waals surface area contributed by atoms with Gasteiger partial charge in [0.25, 0.3) is 0 Å². The summed E-state index contributed by atoms with van der Waals surface area (Å²) in [6.45, 7) is 0.228. The SMILES string of the molecule is COCCS(=O)Nc1ccc(F)c(N=[N+]=[N-])c1F. The van der Waals surface area contributed by atoms with Gasteiger partial charge in [0.05, 0.1) is 18.0 Å². The van der Waals surface area contributed by atoms with E-state index in [2.05, 4.69) is 14.7 Å². The lowest BCUT2D eigenvalue weighted by Crippen LogP contribution is -2.13. The minimum absolute atomic E-state index is 0.143. The van der Waals surface area contributed by atoms with Gasteiger partial charge in [0, 0.05) is 12.0 Å². The van der Waals surface area contributed by atoms with Crippen LogP contribution in [0, 0.1) is 11.6 Å². The molecule has 1 N–H and O–H groups in total. The summed E-state index contributed by atoms with van der Waals surface area (Å²) in [6.07, 6.45) is 0. The third kappa shape index (κ3) is 3.66. The van der Waals surface area contributed by atoms with Crippen molar-refractivity contribution in [1.82, 2.24) is 0 Å². The fourth-order valence-electron chi connectivity index (χ4n) is 1.09. The summed E-state index contributed by atoms with van der Waals surface area (Å²) in [4.78, 5) is 2.32. The molecule has 0 aliphatic heterocycles. The second kappa shape index (κ2) is 6.90. The summed E-state index contributed by atoms with van der Waals surface area (Å²) in [5.74, 6) is -1.93. The molecule has 0 radical (unpaired) electrons. The van der Waals surface area contributed by atoms with Crippen LogP contribution in [0.4, 0.5) is 20.2 Å². The molecule has 1 aromatic carbocycles. The molecule has 1 aromatic rings. The van der Waals surface area contributed by atoms with Crippen LogP contribution in [0.2, 0.25) is 0 Å². The zero-order valence-corrected chi connectivity index (χ0v) is 10.2. The Labute approximate surface area is 104 Å². The van der Waals surface area contributed by atoms with E-state index in [1.807, 2.05) is 0 Å². The zero-order valence-electron chi connectivity index (χ0n) is 9.39. The van der Waals surface area contributed by atoms with Crippen molar-refractivity contribution in [2.24, 2.45) is 5.11 Å². The molecule has 1 unspecified atom stereocenters. The van der Waals surface area contributed by atoms with E-state index >= 15 is 0 Å². The van der Waals surface area contributed by atoms with Gasteiger partial charge in [-0.05, 0) is 17.7 Å². The number of hydrogen-bond acceptors (Lipinski definition) is 3. The van der Waals surface area contributed by atoms with E-state index < -0.39 is 28.3 Å². The van der Waals surface area contributed by atoms with Crippen LogP contribution in [-0.4, -0.2) is 23.7 Å². The van der Waals surface area contributed by atoms with Gasteiger partial charge in [-0.1, -0.05) is 5.11 Å². The summed E-state index contributed by atoms with van der Waals surface area (Å²) < 4.78 is 45.3. The molecule has 0 aliphatic rings. The Morgan fingerprint density at radius 1 is 1.56 bits per heavy atom. The summed E-state index contributed by atoms with van der Waals surface area (Å²) in [5.41, 5.74) is 7.23. The molecular formula is C9H10F2N4O2S. The molecule has 0 saturated heterocycles. The normalized spacial score (nSPS) is 11.7. The van der Waals surface area contributed by atoms with Gasteiger partial charge in [-0.3, -0.25) is 0 Å². The van der Waals surface area contributed by atoms with E-state index in [-0.39, 0.29) is 18.0 Å². The predicted octanol–water partition coefficient (Wildman–Crippen LogP) is 2.63. The highest BCUT2D eigenvalue weighted by Gasteiger charge is 2.13. The van der Waals surface area contributed by atoms with Crippen LogP contribution < -0.4 is 4.72 Å². The van der Waals surface area contributed by atoms with E-state index in [0.29, 0.717) is 0 Å². The lowest BCUT2D eigenvalue weighted by molar-refractivity contribution is 0.218. The maximum Gasteiger partial charge on any atom is 0.159 e. The molecule has 0 aromatic heterocycles. The Balaban J connectivity index is 2.94. The first-order valence-corrected chi connectivity index (χ1v) is 6.09. The lowest BCUT2D eigenvalue weighted by atomic mass is 10.2. The fourth-order valence-corrected chi connectivity index (χ4v) is 1.91. The number of halogens is 2. The number of nitrogens with zero attached hydrogens (tertiary/aromatic N) is 3. The second-order valence-electron chi connectivity index (χ2n) is 3.09. The first-order chi connectivity index (χ1) is 8.60. The summed E-state index contributed by atoms with van der Waals surface area (Å²) >= 11 is 0. The Kier molecular flexibility index (Phi) is 5.50. The molecule has 0 heterocycles. The predicted molar refractivity (Wildman–Crippen MR) is 63.7 cm³/mol. The highest BCUT2D eigenvalue weighted by molar-refractivity contribution is 7.86. The van der Waals surface area contributed by atoms with Gasteiger partial charge < -0.3 is 9.46 Å². The Hall–Kier alpha value is -1.70. The molecule has 0 spiro atoms. The Bertz CT molecular complexity index is 506. The first-order valence-electron chi connectivity index (χ1n) is 4.77. The molecule has 0 fully saturated rings. The molecule has 0 saturated carbocycles. The quantitative estimate of drug-likeness (QED) is 0.492. The Morgan fingerprint density at radius 3 is 2.89 bits per heavy atom. The van der Waals surface area contributed by atoms with Gasteiger partial charge in [0.1, 0.15) is 22.5 Å². The van der Waals surface area contributed by atoms with Crippen molar-refractivity contribution < 1.29 is 17.7 Å². The third-order valence-corrected chi connectivity index (χ3v) is 2.89. The minimum Gasteiger partial charge on any atom is -0.384 e. The van der Waals surface area contributed by atoms with Gasteiger partial charge in [0.2, 0.25) is 0 Å². The number of rotatable bonds is 6. The van der Waals surface area contributed by atoms with Crippen molar-refractivity contribution in [3.8, 4) is 0 Å². The van der Waals surface area contributed by atoms with Crippen molar-refractivity contribution in [3.05, 3.63) is 34.2 Å². The maximum absolute atomic E-state index is 13.7. The van der Waals surface area contributed by atoms with E-state index in [1.165, 1.54) is 7.11 Å². The number of azide groups is 1. The van der Waals surface area contributed by atoms with E-state index in [9.17, 15) is 13.0 Å². The zero-order chi connectivity index (χ0) is 13.5. The van der Waals surface area contributed by atoms with Crippen molar-refractivity contribution in [1.29, 1.82) is 0 Å². The van der Waals surface area contributed by atoms with Crippen molar-refractivity contribution in [2.45, 2.75) is 0 Å². The highest BCUT2D eigenvalue weighted by Crippen LogP contribution is 2.28. The van der Waals surface area contributed by atoms with E-state index in [1.54, 1.807) is 0 Å². The standard InChI is InChI=1S/C9H10F2N4O2S/c1-17-4-5-18(16)14-7-3-2-6(10)9(8(7)11)13-15-12/h2-3,14H,4-5H2,1H3. The van der Waals surface area contributed by atoms with Gasteiger partial charge in [-0.25, -0.2) is 13.0 Å². The molecular weight excluding hydrogens is 266 g/mol. The molecule has 98 valence electrons. The smallest absolute Gasteiger partial charge is 0.159 e. The van der Waals surface area contributed by atoms with Crippen LogP contribution in [0.3, 0.4) is 0 Å². The van der Waals surface area contributed by atoms with E-state index in [4.69, 9.17) is 10.3 Å². The van der Waals surface area contributed by atoms with Crippen molar-refractivity contribution in [2.75, 3.05) is 24.2 Å². The minimum atomic E-state index is -1.57. The molecule has 9 heteroatoms. The number of benzene rings is 1. The van der Waals surface area contributed by atoms with Gasteiger partial charge in [0.15, 0.2) is 5.82 Å². The number of nitrogens with one attached hydrogen (secondary N) is 1. The van der Waals surface area contributed by atoms with Crippen LogP contribution >= 0.6 is 0 Å². The maximum atomic E-state index is 13.7. The van der Waals surface area contributed by atoms with Crippen molar-refractivity contribution in [3.63, 3.8) is 0 Å². The molecule has 6 nitrogen and oxygen atoms in total. The average Bonchev–Trinajstić information content (AvgIpc) is 2.35. The van der Waals surface area contributed by atoms with E-state index in [0.717, 1.165) is 12.1 Å². The summed E-state index contributed by atoms with van der Waals surface area (Å²) in [7, 11) is -0.132. The average molecular weight is 276 g/mol. The van der Waals surface area contributed by atoms with Gasteiger partial charge >= 0.3 is 0 Å².